The lowest BCUT2D eigenvalue weighted by molar-refractivity contribution is 0.0953. The van der Waals surface area contributed by atoms with E-state index in [1.807, 2.05) is 6.92 Å². The van der Waals surface area contributed by atoms with Gasteiger partial charge in [-0.1, -0.05) is 17.7 Å². The summed E-state index contributed by atoms with van der Waals surface area (Å²) in [6.45, 7) is 2.02. The number of sulfonamides is 1. The Labute approximate surface area is 148 Å². The maximum absolute atomic E-state index is 13.0. The molecule has 8 heteroatoms. The van der Waals surface area contributed by atoms with Crippen LogP contribution in [0, 0.1) is 12.7 Å². The van der Waals surface area contributed by atoms with Crippen LogP contribution in [-0.2, 0) is 10.0 Å². The van der Waals surface area contributed by atoms with Crippen LogP contribution in [0.3, 0.4) is 0 Å². The van der Waals surface area contributed by atoms with Crippen molar-refractivity contribution in [3.8, 4) is 0 Å². The van der Waals surface area contributed by atoms with E-state index in [0.29, 0.717) is 4.47 Å². The van der Waals surface area contributed by atoms with E-state index in [1.54, 1.807) is 12.1 Å². The molecule has 0 bridgehead atoms. The Hall–Kier alpha value is -1.77. The van der Waals surface area contributed by atoms with E-state index in [-0.39, 0.29) is 23.5 Å². The molecule has 0 aliphatic heterocycles. The highest BCUT2D eigenvalue weighted by Gasteiger charge is 2.14. The van der Waals surface area contributed by atoms with E-state index in [0.717, 1.165) is 5.56 Å². The average molecular weight is 415 g/mol. The van der Waals surface area contributed by atoms with Gasteiger partial charge in [0.1, 0.15) is 5.82 Å². The van der Waals surface area contributed by atoms with E-state index in [1.165, 1.54) is 30.3 Å². The molecule has 0 aromatic heterocycles. The molecule has 0 saturated heterocycles. The summed E-state index contributed by atoms with van der Waals surface area (Å²) >= 11 is 3.11. The van der Waals surface area contributed by atoms with Crippen LogP contribution in [-0.4, -0.2) is 27.4 Å². The van der Waals surface area contributed by atoms with Crippen molar-refractivity contribution in [2.45, 2.75) is 11.8 Å². The molecule has 128 valence electrons. The van der Waals surface area contributed by atoms with Gasteiger partial charge in [0.2, 0.25) is 10.0 Å². The molecule has 0 spiro atoms. The van der Waals surface area contributed by atoms with Crippen LogP contribution in [0.25, 0.3) is 0 Å². The molecule has 0 unspecified atom stereocenters. The maximum Gasteiger partial charge on any atom is 0.252 e. The second kappa shape index (κ2) is 7.87. The molecule has 0 fully saturated rings. The fraction of sp³-hybridized carbons (Fsp3) is 0.188. The molecule has 24 heavy (non-hydrogen) atoms. The fourth-order valence-corrected chi connectivity index (χ4v) is 3.49. The molecule has 5 nitrogen and oxygen atoms in total. The molecule has 0 heterocycles. The summed E-state index contributed by atoms with van der Waals surface area (Å²) < 4.78 is 39.9. The molecule has 0 saturated carbocycles. The van der Waals surface area contributed by atoms with Gasteiger partial charge in [-0.25, -0.2) is 17.5 Å². The van der Waals surface area contributed by atoms with Crippen LogP contribution in [0.2, 0.25) is 0 Å². The minimum atomic E-state index is -3.61. The van der Waals surface area contributed by atoms with Gasteiger partial charge in [0.25, 0.3) is 5.91 Å². The standard InChI is InChI=1S/C16H16BrFN2O3S/c1-11-2-5-13(6-3-11)24(22,23)20-9-8-19-16(21)14-7-4-12(18)10-15(14)17/h2-7,10,20H,8-9H2,1H3,(H,19,21). The van der Waals surface area contributed by atoms with Gasteiger partial charge in [0.15, 0.2) is 0 Å². The van der Waals surface area contributed by atoms with Gasteiger partial charge in [-0.05, 0) is 53.2 Å². The molecule has 0 aliphatic carbocycles. The number of halogens is 2. The first-order chi connectivity index (χ1) is 11.3. The lowest BCUT2D eigenvalue weighted by Crippen LogP contribution is -2.34. The number of aryl methyl sites for hydroxylation is 1. The number of amides is 1. The topological polar surface area (TPSA) is 75.3 Å². The van der Waals surface area contributed by atoms with Crippen LogP contribution < -0.4 is 10.0 Å². The summed E-state index contributed by atoms with van der Waals surface area (Å²) in [5.74, 6) is -0.874. The predicted octanol–water partition coefficient (Wildman–Crippen LogP) is 2.60. The number of benzene rings is 2. The smallest absolute Gasteiger partial charge is 0.252 e. The summed E-state index contributed by atoms with van der Waals surface area (Å²) in [7, 11) is -3.61. The highest BCUT2D eigenvalue weighted by atomic mass is 79.9. The number of carbonyl (C=O) groups is 1. The zero-order valence-electron chi connectivity index (χ0n) is 12.8. The van der Waals surface area contributed by atoms with Crippen molar-refractivity contribution in [2.24, 2.45) is 0 Å². The van der Waals surface area contributed by atoms with Gasteiger partial charge >= 0.3 is 0 Å². The number of carbonyl (C=O) groups excluding carboxylic acids is 1. The summed E-state index contributed by atoms with van der Waals surface area (Å²) in [4.78, 5) is 12.1. The van der Waals surface area contributed by atoms with E-state index >= 15 is 0 Å². The van der Waals surface area contributed by atoms with Gasteiger partial charge in [0, 0.05) is 17.6 Å². The highest BCUT2D eigenvalue weighted by molar-refractivity contribution is 9.10. The van der Waals surface area contributed by atoms with E-state index < -0.39 is 21.7 Å². The Morgan fingerprint density at radius 3 is 2.42 bits per heavy atom. The quantitative estimate of drug-likeness (QED) is 0.713. The van der Waals surface area contributed by atoms with Crippen molar-refractivity contribution >= 4 is 31.9 Å². The SMILES string of the molecule is Cc1ccc(S(=O)(=O)NCCNC(=O)c2ccc(F)cc2Br)cc1. The van der Waals surface area contributed by atoms with E-state index in [2.05, 4.69) is 26.0 Å². The van der Waals surface area contributed by atoms with Crippen molar-refractivity contribution in [3.63, 3.8) is 0 Å². The van der Waals surface area contributed by atoms with Crippen LogP contribution in [0.5, 0.6) is 0 Å². The molecule has 0 aliphatic rings. The molecular formula is C16H16BrFN2O3S. The second-order valence-electron chi connectivity index (χ2n) is 5.09. The Bertz CT molecular complexity index is 839. The summed E-state index contributed by atoms with van der Waals surface area (Å²) in [6.07, 6.45) is 0. The summed E-state index contributed by atoms with van der Waals surface area (Å²) in [6, 6.07) is 10.2. The van der Waals surface area contributed by atoms with Crippen molar-refractivity contribution in [1.29, 1.82) is 0 Å². The fourth-order valence-electron chi connectivity index (χ4n) is 1.93. The average Bonchev–Trinajstić information content (AvgIpc) is 2.52. The Kier molecular flexibility index (Phi) is 6.09. The monoisotopic (exact) mass is 414 g/mol. The van der Waals surface area contributed by atoms with E-state index in [4.69, 9.17) is 0 Å². The molecule has 2 N–H and O–H groups in total. The third-order valence-electron chi connectivity index (χ3n) is 3.21. The molecule has 1 amide bonds. The van der Waals surface area contributed by atoms with Gasteiger partial charge in [-0.2, -0.15) is 0 Å². The minimum absolute atomic E-state index is 0.0424. The number of hydrogen-bond donors (Lipinski definition) is 2. The summed E-state index contributed by atoms with van der Waals surface area (Å²) in [5.41, 5.74) is 1.24. The van der Waals surface area contributed by atoms with Gasteiger partial charge in [-0.3, -0.25) is 4.79 Å². The Morgan fingerprint density at radius 1 is 1.12 bits per heavy atom. The molecule has 0 atom stereocenters. The normalized spacial score (nSPS) is 11.3. The van der Waals surface area contributed by atoms with E-state index in [9.17, 15) is 17.6 Å². The highest BCUT2D eigenvalue weighted by Crippen LogP contribution is 2.17. The van der Waals surface area contributed by atoms with Crippen LogP contribution in [0.4, 0.5) is 4.39 Å². The van der Waals surface area contributed by atoms with Gasteiger partial charge < -0.3 is 5.32 Å². The zero-order chi connectivity index (χ0) is 17.7. The first kappa shape index (κ1) is 18.6. The molecule has 2 rings (SSSR count). The molecule has 2 aromatic carbocycles. The number of nitrogens with one attached hydrogen (secondary N) is 2. The Balaban J connectivity index is 1.88. The van der Waals surface area contributed by atoms with Crippen molar-refractivity contribution in [1.82, 2.24) is 10.0 Å². The van der Waals surface area contributed by atoms with Gasteiger partial charge in [0.05, 0.1) is 10.5 Å². The van der Waals surface area contributed by atoms with Crippen molar-refractivity contribution in [3.05, 3.63) is 63.9 Å². The van der Waals surface area contributed by atoms with Crippen molar-refractivity contribution in [2.75, 3.05) is 13.1 Å². The minimum Gasteiger partial charge on any atom is -0.351 e. The zero-order valence-corrected chi connectivity index (χ0v) is 15.2. The maximum atomic E-state index is 13.0. The lowest BCUT2D eigenvalue weighted by Gasteiger charge is -2.09. The number of hydrogen-bond acceptors (Lipinski definition) is 3. The number of rotatable bonds is 6. The first-order valence-corrected chi connectivity index (χ1v) is 9.37. The molecule has 0 radical (unpaired) electrons. The largest absolute Gasteiger partial charge is 0.351 e. The third-order valence-corrected chi connectivity index (χ3v) is 5.34. The van der Waals surface area contributed by atoms with Crippen molar-refractivity contribution < 1.29 is 17.6 Å². The second-order valence-corrected chi connectivity index (χ2v) is 7.71. The molecule has 2 aromatic rings. The van der Waals surface area contributed by atoms with Crippen LogP contribution >= 0.6 is 15.9 Å². The lowest BCUT2D eigenvalue weighted by atomic mass is 10.2. The molecular weight excluding hydrogens is 399 g/mol. The van der Waals surface area contributed by atoms with Crippen LogP contribution in [0.15, 0.2) is 51.8 Å². The predicted molar refractivity (Wildman–Crippen MR) is 92.8 cm³/mol. The third kappa shape index (κ3) is 4.86. The van der Waals surface area contributed by atoms with Gasteiger partial charge in [-0.15, -0.1) is 0 Å². The van der Waals surface area contributed by atoms with Crippen LogP contribution in [0.1, 0.15) is 15.9 Å². The first-order valence-electron chi connectivity index (χ1n) is 7.09. The Morgan fingerprint density at radius 2 is 1.79 bits per heavy atom. The summed E-state index contributed by atoms with van der Waals surface area (Å²) in [5, 5.41) is 2.57.